The Morgan fingerprint density at radius 1 is 0.850 bits per heavy atom. The molecule has 214 valence electrons. The van der Waals surface area contributed by atoms with E-state index < -0.39 is 26.0 Å². The highest BCUT2D eigenvalue weighted by Crippen LogP contribution is 2.25. The fourth-order valence-electron chi connectivity index (χ4n) is 4.47. The third-order valence-corrected chi connectivity index (χ3v) is 10.2. The molecule has 11 heteroatoms. The summed E-state index contributed by atoms with van der Waals surface area (Å²) in [5.41, 5.74) is 2.93. The zero-order valence-electron chi connectivity index (χ0n) is 22.9. The van der Waals surface area contributed by atoms with Crippen LogP contribution in [0.2, 0.25) is 0 Å². The van der Waals surface area contributed by atoms with Gasteiger partial charge in [0.25, 0.3) is 15.9 Å². The normalized spacial score (nSPS) is 14.5. The first-order chi connectivity index (χ1) is 19.0. The largest absolute Gasteiger partial charge is 0.492 e. The predicted octanol–water partition coefficient (Wildman–Crippen LogP) is 4.40. The van der Waals surface area contributed by atoms with Crippen molar-refractivity contribution < 1.29 is 26.4 Å². The zero-order chi connectivity index (χ0) is 28.9. The first kappa shape index (κ1) is 29.6. The second-order valence-electron chi connectivity index (χ2n) is 9.94. The second-order valence-corrected chi connectivity index (χ2v) is 13.5. The average Bonchev–Trinajstić information content (AvgIpc) is 2.93. The van der Waals surface area contributed by atoms with Crippen molar-refractivity contribution in [2.24, 2.45) is 0 Å². The van der Waals surface area contributed by atoms with E-state index in [1.165, 1.54) is 22.5 Å². The first-order valence-corrected chi connectivity index (χ1v) is 16.1. The van der Waals surface area contributed by atoms with Crippen LogP contribution in [0.15, 0.2) is 70.5 Å². The van der Waals surface area contributed by atoms with Gasteiger partial charge in [0.05, 0.1) is 22.0 Å². The number of hydrogen-bond acceptors (Lipinski definition) is 6. The molecule has 0 radical (unpaired) electrons. The number of piperidine rings is 1. The van der Waals surface area contributed by atoms with Crippen molar-refractivity contribution in [3.8, 4) is 5.75 Å². The monoisotopic (exact) mass is 585 g/mol. The van der Waals surface area contributed by atoms with Crippen LogP contribution in [-0.4, -0.2) is 53.3 Å². The van der Waals surface area contributed by atoms with Gasteiger partial charge >= 0.3 is 0 Å². The molecule has 0 bridgehead atoms. The van der Waals surface area contributed by atoms with Crippen LogP contribution in [0.1, 0.15) is 46.3 Å². The van der Waals surface area contributed by atoms with Gasteiger partial charge in [-0.05, 0) is 92.8 Å². The van der Waals surface area contributed by atoms with E-state index in [2.05, 4.69) is 10.0 Å². The number of ether oxygens (including phenoxy) is 1. The number of nitrogens with one attached hydrogen (secondary N) is 2. The van der Waals surface area contributed by atoms with Crippen molar-refractivity contribution in [2.45, 2.75) is 49.8 Å². The van der Waals surface area contributed by atoms with E-state index in [-0.39, 0.29) is 28.5 Å². The maximum absolute atomic E-state index is 13.2. The minimum Gasteiger partial charge on any atom is -0.492 e. The van der Waals surface area contributed by atoms with Crippen molar-refractivity contribution in [2.75, 3.05) is 31.0 Å². The van der Waals surface area contributed by atoms with Gasteiger partial charge in [-0.15, -0.1) is 0 Å². The van der Waals surface area contributed by atoms with Gasteiger partial charge in [0, 0.05) is 18.7 Å². The van der Waals surface area contributed by atoms with Gasteiger partial charge in [0.1, 0.15) is 12.4 Å². The third kappa shape index (κ3) is 7.01. The number of nitrogens with zero attached hydrogens (tertiary/aromatic N) is 1. The van der Waals surface area contributed by atoms with E-state index in [4.69, 9.17) is 4.74 Å². The van der Waals surface area contributed by atoms with Crippen molar-refractivity contribution in [1.29, 1.82) is 0 Å². The van der Waals surface area contributed by atoms with Crippen LogP contribution in [-0.2, 0) is 20.0 Å². The fourth-order valence-corrected chi connectivity index (χ4v) is 7.38. The maximum atomic E-state index is 13.2. The zero-order valence-corrected chi connectivity index (χ0v) is 24.6. The minimum atomic E-state index is -3.92. The smallest absolute Gasteiger partial charge is 0.262 e. The molecule has 0 aliphatic carbocycles. The highest BCUT2D eigenvalue weighted by Gasteiger charge is 2.26. The van der Waals surface area contributed by atoms with Crippen LogP contribution in [0.25, 0.3) is 0 Å². The molecule has 0 spiro atoms. The van der Waals surface area contributed by atoms with E-state index in [1.807, 2.05) is 26.0 Å². The van der Waals surface area contributed by atoms with Crippen LogP contribution in [0.3, 0.4) is 0 Å². The summed E-state index contributed by atoms with van der Waals surface area (Å²) in [6, 6.07) is 16.3. The second kappa shape index (κ2) is 12.4. The Balaban J connectivity index is 1.33. The lowest BCUT2D eigenvalue weighted by atomic mass is 10.1. The maximum Gasteiger partial charge on any atom is 0.262 e. The highest BCUT2D eigenvalue weighted by molar-refractivity contribution is 7.92. The van der Waals surface area contributed by atoms with Gasteiger partial charge in [-0.3, -0.25) is 9.52 Å². The standard InChI is InChI=1S/C29H35N3O6S2/c1-21-7-8-22(2)27(19-21)31-39(34,35)28-20-24(10-9-23(28)3)29(33)30-15-18-38-25-11-13-26(14-12-25)40(36,37)32-16-5-4-6-17-32/h7-14,19-20,31H,4-6,15-18H2,1-3H3,(H,30,33). The van der Waals surface area contributed by atoms with Gasteiger partial charge in [-0.2, -0.15) is 4.31 Å². The Kier molecular flexibility index (Phi) is 9.17. The average molecular weight is 586 g/mol. The summed E-state index contributed by atoms with van der Waals surface area (Å²) in [6.07, 6.45) is 2.79. The molecule has 0 aromatic heterocycles. The van der Waals surface area contributed by atoms with E-state index in [9.17, 15) is 21.6 Å². The van der Waals surface area contributed by atoms with Crippen LogP contribution < -0.4 is 14.8 Å². The summed E-state index contributed by atoms with van der Waals surface area (Å²) >= 11 is 0. The number of carbonyl (C=O) groups excluding carboxylic acids is 1. The third-order valence-electron chi connectivity index (χ3n) is 6.81. The Morgan fingerprint density at radius 3 is 2.23 bits per heavy atom. The Hall–Kier alpha value is -3.41. The van der Waals surface area contributed by atoms with Gasteiger partial charge in [0.15, 0.2) is 0 Å². The molecule has 1 amide bonds. The van der Waals surface area contributed by atoms with Crippen LogP contribution in [0.4, 0.5) is 5.69 Å². The minimum absolute atomic E-state index is 0.0249. The predicted molar refractivity (Wildman–Crippen MR) is 155 cm³/mol. The molecule has 1 heterocycles. The van der Waals surface area contributed by atoms with Crippen molar-refractivity contribution in [1.82, 2.24) is 9.62 Å². The lowest BCUT2D eigenvalue weighted by molar-refractivity contribution is 0.0946. The first-order valence-electron chi connectivity index (χ1n) is 13.2. The summed E-state index contributed by atoms with van der Waals surface area (Å²) in [7, 11) is -7.43. The molecule has 1 fully saturated rings. The number of anilines is 1. The summed E-state index contributed by atoms with van der Waals surface area (Å²) in [4.78, 5) is 13.0. The van der Waals surface area contributed by atoms with E-state index in [0.29, 0.717) is 30.1 Å². The summed E-state index contributed by atoms with van der Waals surface area (Å²) < 4.78 is 61.7. The van der Waals surface area contributed by atoms with Crippen molar-refractivity contribution in [3.63, 3.8) is 0 Å². The van der Waals surface area contributed by atoms with E-state index >= 15 is 0 Å². The molecule has 2 N–H and O–H groups in total. The van der Waals surface area contributed by atoms with Gasteiger partial charge < -0.3 is 10.1 Å². The van der Waals surface area contributed by atoms with Crippen LogP contribution in [0, 0.1) is 20.8 Å². The number of benzene rings is 3. The molecule has 3 aromatic carbocycles. The molecule has 1 saturated heterocycles. The van der Waals surface area contributed by atoms with E-state index in [0.717, 1.165) is 30.4 Å². The Morgan fingerprint density at radius 2 is 1.52 bits per heavy atom. The van der Waals surface area contributed by atoms with Crippen molar-refractivity contribution >= 4 is 31.6 Å². The number of aryl methyl sites for hydroxylation is 3. The van der Waals surface area contributed by atoms with Crippen molar-refractivity contribution in [3.05, 3.63) is 82.9 Å². The lowest BCUT2D eigenvalue weighted by Crippen LogP contribution is -2.35. The molecular formula is C29H35N3O6S2. The van der Waals surface area contributed by atoms with E-state index in [1.54, 1.807) is 37.3 Å². The molecule has 40 heavy (non-hydrogen) atoms. The molecule has 0 saturated carbocycles. The highest BCUT2D eigenvalue weighted by atomic mass is 32.2. The molecule has 3 aromatic rings. The molecule has 0 unspecified atom stereocenters. The molecule has 0 atom stereocenters. The molecule has 9 nitrogen and oxygen atoms in total. The van der Waals surface area contributed by atoms with Gasteiger partial charge in [-0.25, -0.2) is 16.8 Å². The lowest BCUT2D eigenvalue weighted by Gasteiger charge is -2.25. The van der Waals surface area contributed by atoms with Gasteiger partial charge in [0.2, 0.25) is 10.0 Å². The number of carbonyl (C=O) groups is 1. The number of amides is 1. The molecule has 4 rings (SSSR count). The summed E-state index contributed by atoms with van der Waals surface area (Å²) in [5, 5.41) is 2.73. The van der Waals surface area contributed by atoms with Crippen LogP contribution in [0.5, 0.6) is 5.75 Å². The number of rotatable bonds is 10. The fraction of sp³-hybridized carbons (Fsp3) is 0.345. The Labute approximate surface area is 236 Å². The molecule has 1 aliphatic heterocycles. The summed E-state index contributed by atoms with van der Waals surface area (Å²) in [6.45, 7) is 6.78. The number of sulfonamides is 2. The Bertz CT molecular complexity index is 1580. The topological polar surface area (TPSA) is 122 Å². The SMILES string of the molecule is Cc1ccc(C)c(NS(=O)(=O)c2cc(C(=O)NCCOc3ccc(S(=O)(=O)N4CCCCC4)cc3)ccc2C)c1. The molecule has 1 aliphatic rings. The number of hydrogen-bond donors (Lipinski definition) is 2. The summed E-state index contributed by atoms with van der Waals surface area (Å²) in [5.74, 6) is 0.0443. The quantitative estimate of drug-likeness (QED) is 0.340. The molecular weight excluding hydrogens is 550 g/mol. The van der Waals surface area contributed by atoms with Gasteiger partial charge in [-0.1, -0.05) is 24.6 Å². The van der Waals surface area contributed by atoms with Crippen LogP contribution >= 0.6 is 0 Å².